The van der Waals surface area contributed by atoms with Crippen LogP contribution < -0.4 is 0 Å². The number of nitrogens with zero attached hydrogens (tertiary/aromatic N) is 1. The van der Waals surface area contributed by atoms with E-state index in [-0.39, 0.29) is 5.91 Å². The van der Waals surface area contributed by atoms with Gasteiger partial charge >= 0.3 is 5.97 Å². The molecule has 0 N–H and O–H groups in total. The highest BCUT2D eigenvalue weighted by Gasteiger charge is 2.23. The molecule has 0 unspecified atom stereocenters. The molecule has 0 radical (unpaired) electrons. The number of thioether (sulfide) groups is 2. The van der Waals surface area contributed by atoms with Crippen molar-refractivity contribution in [3.05, 3.63) is 71.3 Å². The molecule has 0 aliphatic carbocycles. The maximum Gasteiger partial charge on any atom is 0.338 e. The third kappa shape index (κ3) is 5.30. The summed E-state index contributed by atoms with van der Waals surface area (Å²) >= 11 is 3.85. The third-order valence-electron chi connectivity index (χ3n) is 4.31. The number of carbonyl (C=O) groups is 2. The Bertz CT molecular complexity index is 774. The Morgan fingerprint density at radius 3 is 2.33 bits per heavy atom. The zero-order valence-electron chi connectivity index (χ0n) is 15.5. The predicted octanol–water partition coefficient (Wildman–Crippen LogP) is 4.37. The van der Waals surface area contributed by atoms with E-state index in [2.05, 4.69) is 0 Å². The van der Waals surface area contributed by atoms with Gasteiger partial charge in [0, 0.05) is 25.1 Å². The van der Waals surface area contributed by atoms with Gasteiger partial charge < -0.3 is 9.64 Å². The van der Waals surface area contributed by atoms with Crippen LogP contribution in [0.25, 0.3) is 0 Å². The van der Waals surface area contributed by atoms with Gasteiger partial charge in [-0.3, -0.25) is 4.79 Å². The summed E-state index contributed by atoms with van der Waals surface area (Å²) in [7, 11) is 1.71. The number of hydrogen-bond donors (Lipinski definition) is 0. The molecule has 27 heavy (non-hydrogen) atoms. The molecule has 0 saturated carbocycles. The van der Waals surface area contributed by atoms with Gasteiger partial charge in [-0.2, -0.15) is 0 Å². The normalized spacial score (nSPS) is 15.3. The topological polar surface area (TPSA) is 46.6 Å². The lowest BCUT2D eigenvalue weighted by Gasteiger charge is -2.21. The molecular formula is C21H23NO3S2. The summed E-state index contributed by atoms with van der Waals surface area (Å²) < 4.78 is 5.83. The number of amides is 1. The highest BCUT2D eigenvalue weighted by Crippen LogP contribution is 2.45. The number of carbonyl (C=O) groups excluding carboxylic acids is 2. The fraction of sp³-hybridized carbons (Fsp3) is 0.333. The lowest BCUT2D eigenvalue weighted by Crippen LogP contribution is -2.37. The molecule has 1 fully saturated rings. The molecule has 142 valence electrons. The lowest BCUT2D eigenvalue weighted by molar-refractivity contribution is -0.139. The van der Waals surface area contributed by atoms with Crippen LogP contribution in [0, 0.1) is 0 Å². The summed E-state index contributed by atoms with van der Waals surface area (Å²) in [5.74, 6) is 1.63. The van der Waals surface area contributed by atoms with E-state index in [1.807, 2.05) is 66.0 Å². The molecule has 1 saturated heterocycles. The van der Waals surface area contributed by atoms with Crippen LogP contribution >= 0.6 is 23.5 Å². The van der Waals surface area contributed by atoms with Gasteiger partial charge in [-0.05, 0) is 30.2 Å². The van der Waals surface area contributed by atoms with Crippen molar-refractivity contribution < 1.29 is 14.3 Å². The summed E-state index contributed by atoms with van der Waals surface area (Å²) in [6.07, 6.45) is -0.827. The third-order valence-corrected chi connectivity index (χ3v) is 7.42. The van der Waals surface area contributed by atoms with Gasteiger partial charge in [-0.15, -0.1) is 23.5 Å². The molecule has 1 aliphatic rings. The molecule has 1 amide bonds. The fourth-order valence-electron chi connectivity index (χ4n) is 2.85. The van der Waals surface area contributed by atoms with E-state index in [1.165, 1.54) is 5.56 Å². The van der Waals surface area contributed by atoms with E-state index in [4.69, 9.17) is 4.74 Å². The van der Waals surface area contributed by atoms with Crippen molar-refractivity contribution in [2.24, 2.45) is 0 Å². The SMILES string of the molecule is C[C@@H](OC(=O)c1ccc(C2SCCS2)cc1)C(=O)N(C)Cc1ccccc1. The monoisotopic (exact) mass is 401 g/mol. The van der Waals surface area contributed by atoms with Crippen molar-refractivity contribution in [3.8, 4) is 0 Å². The van der Waals surface area contributed by atoms with E-state index in [0.29, 0.717) is 16.7 Å². The van der Waals surface area contributed by atoms with Crippen molar-refractivity contribution in [1.82, 2.24) is 4.90 Å². The minimum absolute atomic E-state index is 0.220. The quantitative estimate of drug-likeness (QED) is 0.673. The first-order valence-corrected chi connectivity index (χ1v) is 11.0. The molecule has 0 aromatic heterocycles. The van der Waals surface area contributed by atoms with Crippen LogP contribution in [0.2, 0.25) is 0 Å². The minimum Gasteiger partial charge on any atom is -0.449 e. The number of benzene rings is 2. The molecule has 1 atom stereocenters. The van der Waals surface area contributed by atoms with E-state index in [0.717, 1.165) is 17.1 Å². The average molecular weight is 402 g/mol. The van der Waals surface area contributed by atoms with E-state index in [1.54, 1.807) is 31.0 Å². The maximum atomic E-state index is 12.5. The summed E-state index contributed by atoms with van der Waals surface area (Å²) in [6, 6.07) is 17.2. The molecule has 2 aromatic rings. The molecular weight excluding hydrogens is 378 g/mol. The van der Waals surface area contributed by atoms with Crippen molar-refractivity contribution >= 4 is 35.4 Å². The summed E-state index contributed by atoms with van der Waals surface area (Å²) in [5.41, 5.74) is 2.72. The average Bonchev–Trinajstić information content (AvgIpc) is 3.23. The van der Waals surface area contributed by atoms with Crippen LogP contribution in [0.1, 0.15) is 33.0 Å². The fourth-order valence-corrected chi connectivity index (χ4v) is 5.71. The molecule has 1 aliphatic heterocycles. The highest BCUT2D eigenvalue weighted by molar-refractivity contribution is 8.19. The lowest BCUT2D eigenvalue weighted by atomic mass is 10.1. The summed E-state index contributed by atoms with van der Waals surface area (Å²) in [6.45, 7) is 2.09. The van der Waals surface area contributed by atoms with Crippen LogP contribution in [0.3, 0.4) is 0 Å². The molecule has 1 heterocycles. The number of ether oxygens (including phenoxy) is 1. The Kier molecular flexibility index (Phi) is 6.85. The van der Waals surface area contributed by atoms with Crippen molar-refractivity contribution in [3.63, 3.8) is 0 Å². The Balaban J connectivity index is 1.55. The Morgan fingerprint density at radius 2 is 1.70 bits per heavy atom. The number of rotatable bonds is 6. The summed E-state index contributed by atoms with van der Waals surface area (Å²) in [5, 5.41) is 0. The van der Waals surface area contributed by atoms with Gasteiger partial charge in [0.25, 0.3) is 5.91 Å². The van der Waals surface area contributed by atoms with Gasteiger partial charge in [0.15, 0.2) is 6.10 Å². The van der Waals surface area contributed by atoms with Gasteiger partial charge in [0.05, 0.1) is 10.1 Å². The van der Waals surface area contributed by atoms with Gasteiger partial charge in [-0.25, -0.2) is 4.79 Å². The first kappa shape index (κ1) is 19.8. The Labute approximate surface area is 168 Å². The number of likely N-dealkylation sites (N-methyl/N-ethyl adjacent to an activating group) is 1. The zero-order chi connectivity index (χ0) is 19.2. The highest BCUT2D eigenvalue weighted by atomic mass is 32.2. The van der Waals surface area contributed by atoms with E-state index >= 15 is 0 Å². The smallest absolute Gasteiger partial charge is 0.338 e. The largest absolute Gasteiger partial charge is 0.449 e. The number of esters is 1. The van der Waals surface area contributed by atoms with Gasteiger partial charge in [0.1, 0.15) is 0 Å². The first-order chi connectivity index (χ1) is 13.0. The maximum absolute atomic E-state index is 12.5. The van der Waals surface area contributed by atoms with Crippen molar-refractivity contribution in [2.75, 3.05) is 18.6 Å². The minimum atomic E-state index is -0.827. The van der Waals surface area contributed by atoms with E-state index < -0.39 is 12.1 Å². The molecule has 4 nitrogen and oxygen atoms in total. The molecule has 0 bridgehead atoms. The van der Waals surface area contributed by atoms with Crippen LogP contribution in [0.15, 0.2) is 54.6 Å². The second-order valence-corrected chi connectivity index (χ2v) is 9.15. The van der Waals surface area contributed by atoms with Gasteiger partial charge in [0.2, 0.25) is 0 Å². The van der Waals surface area contributed by atoms with Crippen LogP contribution in [-0.4, -0.2) is 41.4 Å². The van der Waals surface area contributed by atoms with E-state index in [9.17, 15) is 9.59 Å². The second-order valence-electron chi connectivity index (χ2n) is 6.42. The molecule has 0 spiro atoms. The predicted molar refractivity (Wildman–Crippen MR) is 112 cm³/mol. The second kappa shape index (κ2) is 9.33. The molecule has 3 rings (SSSR count). The van der Waals surface area contributed by atoms with Crippen LogP contribution in [0.5, 0.6) is 0 Å². The molecule has 6 heteroatoms. The Morgan fingerprint density at radius 1 is 1.07 bits per heavy atom. The van der Waals surface area contributed by atoms with Crippen molar-refractivity contribution in [1.29, 1.82) is 0 Å². The summed E-state index contributed by atoms with van der Waals surface area (Å²) in [4.78, 5) is 26.4. The molecule has 2 aromatic carbocycles. The van der Waals surface area contributed by atoms with Crippen LogP contribution in [-0.2, 0) is 16.1 Å². The van der Waals surface area contributed by atoms with Gasteiger partial charge in [-0.1, -0.05) is 42.5 Å². The first-order valence-electron chi connectivity index (χ1n) is 8.87. The zero-order valence-corrected chi connectivity index (χ0v) is 17.1. The standard InChI is InChI=1S/C21H23NO3S2/c1-15(19(23)22(2)14-16-6-4-3-5-7-16)25-20(24)17-8-10-18(11-9-17)21-26-12-13-27-21/h3-11,15,21H,12-14H2,1-2H3/t15-/m1/s1. The Hall–Kier alpha value is -1.92. The van der Waals surface area contributed by atoms with Crippen molar-refractivity contribution in [2.45, 2.75) is 24.2 Å². The van der Waals surface area contributed by atoms with Crippen LogP contribution in [0.4, 0.5) is 0 Å². The number of hydrogen-bond acceptors (Lipinski definition) is 5.